The van der Waals surface area contributed by atoms with Crippen molar-refractivity contribution in [3.05, 3.63) is 46.1 Å². The van der Waals surface area contributed by atoms with E-state index >= 15 is 0 Å². The second-order valence-corrected chi connectivity index (χ2v) is 7.25. The first kappa shape index (κ1) is 17.6. The number of carbonyl (C=O) groups is 2. The molecule has 2 aromatic heterocycles. The Balaban J connectivity index is 1.73. The molecule has 3 rings (SSSR count). The summed E-state index contributed by atoms with van der Waals surface area (Å²) in [5.74, 6) is -0.381. The van der Waals surface area contributed by atoms with E-state index in [-0.39, 0.29) is 11.8 Å². The molecule has 1 unspecified atom stereocenters. The van der Waals surface area contributed by atoms with Crippen molar-refractivity contribution in [2.24, 2.45) is 0 Å². The third kappa shape index (κ3) is 4.05. The average Bonchev–Trinajstić information content (AvgIpc) is 3.23. The van der Waals surface area contributed by atoms with Crippen molar-refractivity contribution in [1.29, 1.82) is 0 Å². The van der Waals surface area contributed by atoms with Gasteiger partial charge >= 0.3 is 0 Å². The molecule has 0 aliphatic carbocycles. The first-order valence-corrected chi connectivity index (χ1v) is 9.07. The lowest BCUT2D eigenvalue weighted by Crippen LogP contribution is -2.29. The van der Waals surface area contributed by atoms with Gasteiger partial charge in [0.25, 0.3) is 11.8 Å². The molecule has 7 heteroatoms. The quantitative estimate of drug-likeness (QED) is 0.860. The predicted octanol–water partition coefficient (Wildman–Crippen LogP) is 2.81. The summed E-state index contributed by atoms with van der Waals surface area (Å²) in [5.41, 5.74) is 2.33. The van der Waals surface area contributed by atoms with Crippen LogP contribution < -0.4 is 10.6 Å². The molecule has 1 atom stereocenters. The number of hydrogen-bond acceptors (Lipinski definition) is 5. The molecule has 0 aromatic carbocycles. The summed E-state index contributed by atoms with van der Waals surface area (Å²) in [6, 6.07) is 3.73. The topological polar surface area (TPSA) is 80.3 Å². The fourth-order valence-electron chi connectivity index (χ4n) is 2.74. The van der Waals surface area contributed by atoms with Crippen molar-refractivity contribution < 1.29 is 14.3 Å². The highest BCUT2D eigenvalue weighted by molar-refractivity contribution is 7.16. The standard InChI is InChI=1S/C18H21N3O3S/c1-11-12(2)25-18(21-16(22)14-6-4-8-24-14)15(11)17(23)20-10-13-5-3-7-19-9-13/h3,5,7,9,14H,4,6,8,10H2,1-2H3,(H,20,23)(H,21,22). The van der Waals surface area contributed by atoms with E-state index in [2.05, 4.69) is 15.6 Å². The number of ether oxygens (including phenoxy) is 1. The van der Waals surface area contributed by atoms with E-state index in [4.69, 9.17) is 4.74 Å². The van der Waals surface area contributed by atoms with Gasteiger partial charge < -0.3 is 15.4 Å². The molecular formula is C18H21N3O3S. The van der Waals surface area contributed by atoms with Crippen molar-refractivity contribution in [1.82, 2.24) is 10.3 Å². The zero-order valence-electron chi connectivity index (χ0n) is 14.3. The van der Waals surface area contributed by atoms with Gasteiger partial charge in [0.05, 0.1) is 5.56 Å². The fourth-order valence-corrected chi connectivity index (χ4v) is 3.80. The van der Waals surface area contributed by atoms with Gasteiger partial charge in [-0.2, -0.15) is 0 Å². The lowest BCUT2D eigenvalue weighted by molar-refractivity contribution is -0.124. The van der Waals surface area contributed by atoms with Gasteiger partial charge in [0.15, 0.2) is 0 Å². The average molecular weight is 359 g/mol. The van der Waals surface area contributed by atoms with E-state index < -0.39 is 6.10 Å². The highest BCUT2D eigenvalue weighted by Gasteiger charge is 2.27. The smallest absolute Gasteiger partial charge is 0.254 e. The minimum atomic E-state index is -0.422. The highest BCUT2D eigenvalue weighted by atomic mass is 32.1. The van der Waals surface area contributed by atoms with Gasteiger partial charge in [-0.1, -0.05) is 6.07 Å². The molecule has 1 fully saturated rings. The zero-order valence-corrected chi connectivity index (χ0v) is 15.1. The van der Waals surface area contributed by atoms with Crippen LogP contribution in [0.4, 0.5) is 5.00 Å². The van der Waals surface area contributed by atoms with Crippen LogP contribution in [0.15, 0.2) is 24.5 Å². The maximum Gasteiger partial charge on any atom is 0.254 e. The van der Waals surface area contributed by atoms with Crippen LogP contribution >= 0.6 is 11.3 Å². The Labute approximate surface area is 150 Å². The molecule has 0 bridgehead atoms. The number of anilines is 1. The summed E-state index contributed by atoms with van der Waals surface area (Å²) >= 11 is 1.42. The van der Waals surface area contributed by atoms with Gasteiger partial charge in [-0.3, -0.25) is 14.6 Å². The number of nitrogens with one attached hydrogen (secondary N) is 2. The minimum Gasteiger partial charge on any atom is -0.368 e. The normalized spacial score (nSPS) is 16.6. The third-order valence-electron chi connectivity index (χ3n) is 4.25. The molecule has 2 aromatic rings. The van der Waals surface area contributed by atoms with Crippen molar-refractivity contribution in [3.63, 3.8) is 0 Å². The van der Waals surface area contributed by atoms with Crippen molar-refractivity contribution in [2.75, 3.05) is 11.9 Å². The maximum atomic E-state index is 12.7. The molecule has 1 aliphatic rings. The summed E-state index contributed by atoms with van der Waals surface area (Å²) in [6.45, 7) is 4.84. The maximum absolute atomic E-state index is 12.7. The summed E-state index contributed by atoms with van der Waals surface area (Å²) in [6.07, 6.45) is 4.59. The zero-order chi connectivity index (χ0) is 17.8. The Morgan fingerprint density at radius 1 is 1.40 bits per heavy atom. The van der Waals surface area contributed by atoms with E-state index in [1.165, 1.54) is 11.3 Å². The number of hydrogen-bond donors (Lipinski definition) is 2. The molecule has 132 valence electrons. The Hall–Kier alpha value is -2.25. The molecule has 0 radical (unpaired) electrons. The van der Waals surface area contributed by atoms with Crippen molar-refractivity contribution in [2.45, 2.75) is 39.3 Å². The predicted molar refractivity (Wildman–Crippen MR) is 96.8 cm³/mol. The van der Waals surface area contributed by atoms with Crippen LogP contribution in [0.2, 0.25) is 0 Å². The van der Waals surface area contributed by atoms with Crippen LogP contribution in [0.5, 0.6) is 0 Å². The molecule has 2 N–H and O–H groups in total. The SMILES string of the molecule is Cc1sc(NC(=O)C2CCCO2)c(C(=O)NCc2cccnc2)c1C. The summed E-state index contributed by atoms with van der Waals surface area (Å²) in [7, 11) is 0. The first-order valence-electron chi connectivity index (χ1n) is 8.26. The summed E-state index contributed by atoms with van der Waals surface area (Å²) < 4.78 is 5.41. The van der Waals surface area contributed by atoms with Crippen molar-refractivity contribution >= 4 is 28.2 Å². The number of aromatic nitrogens is 1. The largest absolute Gasteiger partial charge is 0.368 e. The number of rotatable bonds is 5. The van der Waals surface area contributed by atoms with E-state index in [1.807, 2.05) is 26.0 Å². The monoisotopic (exact) mass is 359 g/mol. The van der Waals surface area contributed by atoms with E-state index in [1.54, 1.807) is 12.4 Å². The Bertz CT molecular complexity index is 767. The van der Waals surface area contributed by atoms with Crippen LogP contribution in [0.3, 0.4) is 0 Å². The van der Waals surface area contributed by atoms with Gasteiger partial charge in [0.2, 0.25) is 0 Å². The Morgan fingerprint density at radius 3 is 2.92 bits per heavy atom. The van der Waals surface area contributed by atoms with Gasteiger partial charge in [0, 0.05) is 30.4 Å². The van der Waals surface area contributed by atoms with E-state index in [0.717, 1.165) is 28.8 Å². The van der Waals surface area contributed by atoms with Gasteiger partial charge in [-0.25, -0.2) is 0 Å². The van der Waals surface area contributed by atoms with Crippen LogP contribution in [-0.2, 0) is 16.1 Å². The number of aryl methyl sites for hydroxylation is 1. The molecule has 6 nitrogen and oxygen atoms in total. The molecule has 2 amide bonds. The molecule has 0 saturated carbocycles. The molecule has 3 heterocycles. The molecule has 1 saturated heterocycles. The number of thiophene rings is 1. The number of pyridine rings is 1. The number of amides is 2. The summed E-state index contributed by atoms with van der Waals surface area (Å²) in [5, 5.41) is 6.35. The lowest BCUT2D eigenvalue weighted by Gasteiger charge is -2.11. The van der Waals surface area contributed by atoms with Crippen molar-refractivity contribution in [3.8, 4) is 0 Å². The van der Waals surface area contributed by atoms with Crippen LogP contribution in [0.1, 0.15) is 39.2 Å². The Morgan fingerprint density at radius 2 is 2.24 bits per heavy atom. The van der Waals surface area contributed by atoms with E-state index in [0.29, 0.717) is 23.7 Å². The first-order chi connectivity index (χ1) is 12.1. The third-order valence-corrected chi connectivity index (χ3v) is 5.37. The highest BCUT2D eigenvalue weighted by Crippen LogP contribution is 2.33. The minimum absolute atomic E-state index is 0.181. The molecule has 0 spiro atoms. The van der Waals surface area contributed by atoms with Gasteiger partial charge in [-0.05, 0) is 43.9 Å². The van der Waals surface area contributed by atoms with Gasteiger partial charge in [0.1, 0.15) is 11.1 Å². The van der Waals surface area contributed by atoms with Crippen LogP contribution in [0.25, 0.3) is 0 Å². The van der Waals surface area contributed by atoms with Crippen LogP contribution in [0, 0.1) is 13.8 Å². The summed E-state index contributed by atoms with van der Waals surface area (Å²) in [4.78, 5) is 30.0. The molecular weight excluding hydrogens is 338 g/mol. The number of nitrogens with zero attached hydrogens (tertiary/aromatic N) is 1. The second-order valence-electron chi connectivity index (χ2n) is 6.02. The van der Waals surface area contributed by atoms with Gasteiger partial charge in [-0.15, -0.1) is 11.3 Å². The van der Waals surface area contributed by atoms with E-state index in [9.17, 15) is 9.59 Å². The number of carbonyl (C=O) groups excluding carboxylic acids is 2. The molecule has 1 aliphatic heterocycles. The fraction of sp³-hybridized carbons (Fsp3) is 0.389. The second kappa shape index (κ2) is 7.76. The van der Waals surface area contributed by atoms with Crippen LogP contribution in [-0.4, -0.2) is 29.5 Å². The Kier molecular flexibility index (Phi) is 5.45. The lowest BCUT2D eigenvalue weighted by atomic mass is 10.1. The molecule has 25 heavy (non-hydrogen) atoms.